The molecule has 226 valence electrons. The first kappa shape index (κ1) is 31.3. The molecule has 42 heavy (non-hydrogen) atoms. The maximum absolute atomic E-state index is 13.0. The summed E-state index contributed by atoms with van der Waals surface area (Å²) in [6, 6.07) is 15.0. The number of likely N-dealkylation sites (N-methyl/N-ethyl adjacent to an activating group) is 1. The largest absolute Gasteiger partial charge is 0.388 e. The van der Waals surface area contributed by atoms with Crippen molar-refractivity contribution in [2.45, 2.75) is 57.6 Å². The highest BCUT2D eigenvalue weighted by atomic mass is 16.3. The third-order valence-electron chi connectivity index (χ3n) is 8.13. The Labute approximate surface area is 247 Å². The Kier molecular flexibility index (Phi) is 10.8. The molecule has 10 nitrogen and oxygen atoms in total. The van der Waals surface area contributed by atoms with Gasteiger partial charge in [-0.05, 0) is 49.6 Å². The standard InChI is InChI=1S/C27H32N4O4.C5H12N2/c1-3-24(32)29-21-9-10-22-23(16-21)28-18-31(26(22)34)17-27(35)11-13-30(14-12-27)25(33)15-19(2)20-7-5-4-6-8-20;1-7-4-2-6-3-5-7/h4-10,16,18-19,35H,3,11-15,17H2,1-2H3,(H,29,32);6H,2-5H2,1H3/t19-;/m1./s1. The lowest BCUT2D eigenvalue weighted by molar-refractivity contribution is -0.136. The number of rotatable bonds is 7. The molecule has 10 heteroatoms. The number of piperidine rings is 1. The SMILES string of the molecule is CCC(=O)Nc1ccc2c(=O)n(CC3(O)CCN(C(=O)C[C@@H](C)c4ccccc4)CC3)cnc2c1.CN1CCNCC1. The fourth-order valence-corrected chi connectivity index (χ4v) is 5.31. The van der Waals surface area contributed by atoms with Crippen molar-refractivity contribution in [1.82, 2.24) is 24.7 Å². The van der Waals surface area contributed by atoms with Crippen LogP contribution in [0.15, 0.2) is 59.7 Å². The van der Waals surface area contributed by atoms with Crippen molar-refractivity contribution in [2.24, 2.45) is 0 Å². The molecule has 3 aromatic rings. The molecule has 3 heterocycles. The predicted molar refractivity (Wildman–Crippen MR) is 166 cm³/mol. The van der Waals surface area contributed by atoms with Crippen LogP contribution in [-0.2, 0) is 16.1 Å². The maximum Gasteiger partial charge on any atom is 0.261 e. The van der Waals surface area contributed by atoms with E-state index in [4.69, 9.17) is 0 Å². The Hall–Kier alpha value is -3.60. The smallest absolute Gasteiger partial charge is 0.261 e. The second kappa shape index (κ2) is 14.5. The van der Waals surface area contributed by atoms with Gasteiger partial charge in [-0.1, -0.05) is 44.2 Å². The lowest BCUT2D eigenvalue weighted by Gasteiger charge is -2.38. The Morgan fingerprint density at radius 1 is 1.07 bits per heavy atom. The van der Waals surface area contributed by atoms with Gasteiger partial charge in [0.15, 0.2) is 0 Å². The molecule has 0 unspecified atom stereocenters. The van der Waals surface area contributed by atoms with E-state index in [1.54, 1.807) is 30.0 Å². The zero-order valence-electron chi connectivity index (χ0n) is 25.0. The van der Waals surface area contributed by atoms with Crippen molar-refractivity contribution in [3.8, 4) is 0 Å². The minimum Gasteiger partial charge on any atom is -0.388 e. The highest BCUT2D eigenvalue weighted by Gasteiger charge is 2.35. The minimum absolute atomic E-state index is 0.0823. The van der Waals surface area contributed by atoms with Gasteiger partial charge in [0.2, 0.25) is 11.8 Å². The molecule has 2 saturated heterocycles. The summed E-state index contributed by atoms with van der Waals surface area (Å²) in [4.78, 5) is 46.0. The van der Waals surface area contributed by atoms with Crippen molar-refractivity contribution < 1.29 is 14.7 Å². The summed E-state index contributed by atoms with van der Waals surface area (Å²) in [7, 11) is 2.15. The average Bonchev–Trinajstić information content (AvgIpc) is 3.00. The highest BCUT2D eigenvalue weighted by molar-refractivity contribution is 5.93. The monoisotopic (exact) mass is 576 g/mol. The lowest BCUT2D eigenvalue weighted by Crippen LogP contribution is -2.49. The number of nitrogens with zero attached hydrogens (tertiary/aromatic N) is 4. The van der Waals surface area contributed by atoms with Crippen LogP contribution in [0.4, 0.5) is 5.69 Å². The molecule has 2 amide bonds. The zero-order valence-corrected chi connectivity index (χ0v) is 25.0. The number of carbonyl (C=O) groups is 2. The first-order valence-electron chi connectivity index (χ1n) is 14.9. The normalized spacial score (nSPS) is 17.7. The van der Waals surface area contributed by atoms with E-state index >= 15 is 0 Å². The van der Waals surface area contributed by atoms with E-state index in [1.165, 1.54) is 24.0 Å². The van der Waals surface area contributed by atoms with E-state index in [0.29, 0.717) is 55.4 Å². The lowest BCUT2D eigenvalue weighted by atomic mass is 9.90. The third-order valence-corrected chi connectivity index (χ3v) is 8.13. The van der Waals surface area contributed by atoms with E-state index in [-0.39, 0.29) is 29.8 Å². The average molecular weight is 577 g/mol. The van der Waals surface area contributed by atoms with E-state index in [0.717, 1.165) is 18.7 Å². The van der Waals surface area contributed by atoms with Gasteiger partial charge < -0.3 is 25.5 Å². The maximum atomic E-state index is 13.0. The summed E-state index contributed by atoms with van der Waals surface area (Å²) in [6.07, 6.45) is 3.01. The second-order valence-electron chi connectivity index (χ2n) is 11.5. The highest BCUT2D eigenvalue weighted by Crippen LogP contribution is 2.26. The number of amides is 2. The fraction of sp³-hybridized carbons (Fsp3) is 0.500. The Morgan fingerprint density at radius 2 is 1.76 bits per heavy atom. The first-order chi connectivity index (χ1) is 20.2. The quantitative estimate of drug-likeness (QED) is 0.396. The Morgan fingerprint density at radius 3 is 2.38 bits per heavy atom. The molecule has 0 radical (unpaired) electrons. The van der Waals surface area contributed by atoms with Crippen molar-refractivity contribution in [1.29, 1.82) is 0 Å². The number of fused-ring (bicyclic) bond motifs is 1. The Bertz CT molecular complexity index is 1400. The number of hydrogen-bond donors (Lipinski definition) is 3. The van der Waals surface area contributed by atoms with Crippen LogP contribution in [0.2, 0.25) is 0 Å². The van der Waals surface area contributed by atoms with E-state index in [1.807, 2.05) is 37.3 Å². The van der Waals surface area contributed by atoms with E-state index in [9.17, 15) is 19.5 Å². The number of hydrogen-bond acceptors (Lipinski definition) is 7. The van der Waals surface area contributed by atoms with Gasteiger partial charge in [-0.15, -0.1) is 0 Å². The minimum atomic E-state index is -1.09. The van der Waals surface area contributed by atoms with Gasteiger partial charge in [-0.25, -0.2) is 4.98 Å². The molecule has 0 aliphatic carbocycles. The summed E-state index contributed by atoms with van der Waals surface area (Å²) in [5, 5.41) is 17.6. The van der Waals surface area contributed by atoms with Gasteiger partial charge >= 0.3 is 0 Å². The van der Waals surface area contributed by atoms with Gasteiger partial charge in [0.25, 0.3) is 5.56 Å². The molecule has 0 bridgehead atoms. The number of likely N-dealkylation sites (tertiary alicyclic amines) is 1. The molecule has 0 saturated carbocycles. The van der Waals surface area contributed by atoms with Gasteiger partial charge in [-0.3, -0.25) is 19.0 Å². The first-order valence-corrected chi connectivity index (χ1v) is 14.9. The van der Waals surface area contributed by atoms with Crippen LogP contribution in [0.5, 0.6) is 0 Å². The third kappa shape index (κ3) is 8.47. The number of carbonyl (C=O) groups excluding carboxylic acids is 2. The number of benzene rings is 2. The molecule has 2 fully saturated rings. The molecule has 1 aromatic heterocycles. The van der Waals surface area contributed by atoms with Crippen LogP contribution in [0.25, 0.3) is 10.9 Å². The number of aliphatic hydroxyl groups is 1. The predicted octanol–water partition coefficient (Wildman–Crippen LogP) is 2.81. The fourth-order valence-electron chi connectivity index (χ4n) is 5.31. The molecule has 0 spiro atoms. The molecule has 2 aromatic carbocycles. The molecule has 2 aliphatic rings. The summed E-state index contributed by atoms with van der Waals surface area (Å²) < 4.78 is 1.43. The zero-order chi connectivity index (χ0) is 30.1. The van der Waals surface area contributed by atoms with Crippen molar-refractivity contribution in [3.05, 3.63) is 70.8 Å². The number of piperazine rings is 1. The van der Waals surface area contributed by atoms with E-state index < -0.39 is 5.60 Å². The van der Waals surface area contributed by atoms with Crippen LogP contribution in [-0.4, -0.2) is 88.2 Å². The number of anilines is 1. The molecular formula is C32H44N6O4. The molecule has 3 N–H and O–H groups in total. The van der Waals surface area contributed by atoms with Crippen LogP contribution in [0, 0.1) is 0 Å². The molecule has 2 aliphatic heterocycles. The molecule has 1 atom stereocenters. The van der Waals surface area contributed by atoms with Gasteiger partial charge in [0, 0.05) is 57.8 Å². The second-order valence-corrected chi connectivity index (χ2v) is 11.5. The van der Waals surface area contributed by atoms with Gasteiger partial charge in [0.1, 0.15) is 0 Å². The van der Waals surface area contributed by atoms with Crippen molar-refractivity contribution in [2.75, 3.05) is 51.6 Å². The van der Waals surface area contributed by atoms with Crippen LogP contribution in [0.1, 0.15) is 51.0 Å². The number of aromatic nitrogens is 2. The summed E-state index contributed by atoms with van der Waals surface area (Å²) in [6.45, 7) is 9.58. The topological polar surface area (TPSA) is 120 Å². The van der Waals surface area contributed by atoms with Crippen LogP contribution >= 0.6 is 0 Å². The van der Waals surface area contributed by atoms with Gasteiger partial charge in [0.05, 0.1) is 29.4 Å². The summed E-state index contributed by atoms with van der Waals surface area (Å²) in [5.74, 6) is 0.0979. The Balaban J connectivity index is 0.000000507. The van der Waals surface area contributed by atoms with Gasteiger partial charge in [-0.2, -0.15) is 0 Å². The molecular weight excluding hydrogens is 532 g/mol. The van der Waals surface area contributed by atoms with Crippen LogP contribution in [0.3, 0.4) is 0 Å². The van der Waals surface area contributed by atoms with Crippen molar-refractivity contribution >= 4 is 28.4 Å². The number of nitrogens with one attached hydrogen (secondary N) is 2. The van der Waals surface area contributed by atoms with E-state index in [2.05, 4.69) is 27.6 Å². The van der Waals surface area contributed by atoms with Crippen LogP contribution < -0.4 is 16.2 Å². The summed E-state index contributed by atoms with van der Waals surface area (Å²) >= 11 is 0. The summed E-state index contributed by atoms with van der Waals surface area (Å²) in [5.41, 5.74) is 0.881. The van der Waals surface area contributed by atoms with Crippen molar-refractivity contribution in [3.63, 3.8) is 0 Å². The molecule has 5 rings (SSSR count).